The summed E-state index contributed by atoms with van der Waals surface area (Å²) in [6.45, 7) is 10.6. The lowest BCUT2D eigenvalue weighted by Crippen LogP contribution is -2.11. The molecule has 0 fully saturated rings. The van der Waals surface area contributed by atoms with E-state index in [0.717, 1.165) is 27.2 Å². The minimum absolute atomic E-state index is 0.0489. The van der Waals surface area contributed by atoms with Crippen molar-refractivity contribution in [2.24, 2.45) is 0 Å². The molecule has 6 nitrogen and oxygen atoms in total. The number of hydrogen-bond donors (Lipinski definition) is 1. The van der Waals surface area contributed by atoms with Gasteiger partial charge in [0.15, 0.2) is 10.8 Å². The highest BCUT2D eigenvalue weighted by Crippen LogP contribution is 2.28. The first-order chi connectivity index (χ1) is 9.36. The Morgan fingerprint density at radius 3 is 2.60 bits per heavy atom. The molecule has 0 saturated carbocycles. The van der Waals surface area contributed by atoms with Crippen molar-refractivity contribution in [3.8, 4) is 10.7 Å². The van der Waals surface area contributed by atoms with Gasteiger partial charge >= 0.3 is 0 Å². The van der Waals surface area contributed by atoms with E-state index in [1.807, 2.05) is 4.52 Å². The van der Waals surface area contributed by atoms with E-state index in [1.54, 1.807) is 0 Å². The highest BCUT2D eigenvalue weighted by molar-refractivity contribution is 7.19. The van der Waals surface area contributed by atoms with Crippen LogP contribution in [0.25, 0.3) is 15.7 Å². The van der Waals surface area contributed by atoms with Crippen LogP contribution in [0.1, 0.15) is 52.1 Å². The third kappa shape index (κ3) is 2.11. The van der Waals surface area contributed by atoms with Gasteiger partial charge < -0.3 is 0 Å². The fourth-order valence-corrected chi connectivity index (χ4v) is 2.72. The summed E-state index contributed by atoms with van der Waals surface area (Å²) in [6.07, 6.45) is 0. The van der Waals surface area contributed by atoms with Crippen molar-refractivity contribution < 1.29 is 0 Å². The van der Waals surface area contributed by atoms with Gasteiger partial charge in [0.05, 0.1) is 0 Å². The zero-order valence-electron chi connectivity index (χ0n) is 12.3. The van der Waals surface area contributed by atoms with E-state index >= 15 is 0 Å². The van der Waals surface area contributed by atoms with Gasteiger partial charge in [-0.2, -0.15) is 14.7 Å². The molecule has 0 bridgehead atoms. The first-order valence-corrected chi connectivity index (χ1v) is 7.46. The third-order valence-electron chi connectivity index (χ3n) is 3.14. The molecule has 1 N–H and O–H groups in total. The Morgan fingerprint density at radius 1 is 1.25 bits per heavy atom. The number of fused-ring (bicyclic) bond motifs is 1. The zero-order chi connectivity index (χ0) is 14.5. The van der Waals surface area contributed by atoms with Crippen LogP contribution in [0, 0.1) is 0 Å². The van der Waals surface area contributed by atoms with Crippen LogP contribution in [-0.4, -0.2) is 30.0 Å². The summed E-state index contributed by atoms with van der Waals surface area (Å²) >= 11 is 1.51. The van der Waals surface area contributed by atoms with Crippen molar-refractivity contribution >= 4 is 16.3 Å². The number of H-pyrrole nitrogens is 1. The lowest BCUT2D eigenvalue weighted by molar-refractivity contribution is 0.567. The number of aromatic amines is 1. The van der Waals surface area contributed by atoms with Crippen LogP contribution < -0.4 is 0 Å². The second kappa shape index (κ2) is 4.37. The standard InChI is InChI=1S/C13H18N6S/c1-7(2)10-16-17-12-19(10)18-11(20-12)8-6-9(15-14-8)13(3,4)5/h6-7H,1-5H3,(H,14,15). The average Bonchev–Trinajstić information content (AvgIpc) is 3.01. The largest absolute Gasteiger partial charge is 0.281 e. The maximum Gasteiger partial charge on any atom is 0.235 e. The lowest BCUT2D eigenvalue weighted by Gasteiger charge is -2.14. The molecule has 0 atom stereocenters. The molecule has 106 valence electrons. The molecule has 0 aliphatic heterocycles. The molecule has 0 unspecified atom stereocenters. The zero-order valence-corrected chi connectivity index (χ0v) is 13.1. The molecule has 20 heavy (non-hydrogen) atoms. The molecule has 3 aromatic heterocycles. The molecule has 0 saturated heterocycles. The Labute approximate surface area is 121 Å². The Hall–Kier alpha value is -1.76. The van der Waals surface area contributed by atoms with Crippen molar-refractivity contribution in [2.45, 2.75) is 46.0 Å². The highest BCUT2D eigenvalue weighted by atomic mass is 32.1. The highest BCUT2D eigenvalue weighted by Gasteiger charge is 2.20. The van der Waals surface area contributed by atoms with Crippen LogP contribution in [0.3, 0.4) is 0 Å². The fraction of sp³-hybridized carbons (Fsp3) is 0.538. The molecule has 0 spiro atoms. The van der Waals surface area contributed by atoms with Crippen LogP contribution in [0.15, 0.2) is 6.07 Å². The summed E-state index contributed by atoms with van der Waals surface area (Å²) in [4.78, 5) is 0.809. The lowest BCUT2D eigenvalue weighted by atomic mass is 9.92. The van der Waals surface area contributed by atoms with Gasteiger partial charge in [0, 0.05) is 17.0 Å². The topological polar surface area (TPSA) is 71.8 Å². The van der Waals surface area contributed by atoms with Gasteiger partial charge in [-0.3, -0.25) is 5.10 Å². The molecule has 0 aromatic carbocycles. The van der Waals surface area contributed by atoms with Crippen LogP contribution in [-0.2, 0) is 5.41 Å². The minimum Gasteiger partial charge on any atom is -0.281 e. The first-order valence-electron chi connectivity index (χ1n) is 6.64. The molecule has 0 radical (unpaired) electrons. The van der Waals surface area contributed by atoms with Crippen LogP contribution in [0.4, 0.5) is 0 Å². The Bertz CT molecular complexity index is 742. The van der Waals surface area contributed by atoms with Crippen LogP contribution >= 0.6 is 11.3 Å². The Kier molecular flexibility index (Phi) is 2.89. The second-order valence-electron chi connectivity index (χ2n) is 6.23. The van der Waals surface area contributed by atoms with E-state index in [4.69, 9.17) is 0 Å². The van der Waals surface area contributed by atoms with Crippen molar-refractivity contribution in [2.75, 3.05) is 0 Å². The van der Waals surface area contributed by atoms with Gasteiger partial charge in [-0.25, -0.2) is 0 Å². The summed E-state index contributed by atoms with van der Waals surface area (Å²) in [7, 11) is 0. The van der Waals surface area contributed by atoms with Gasteiger partial charge in [-0.15, -0.1) is 10.2 Å². The molecule has 3 heterocycles. The second-order valence-corrected chi connectivity index (χ2v) is 7.19. The molecular formula is C13H18N6S. The van der Waals surface area contributed by atoms with Crippen molar-refractivity contribution in [3.63, 3.8) is 0 Å². The molecule has 3 rings (SSSR count). The summed E-state index contributed by atoms with van der Waals surface area (Å²) in [5.41, 5.74) is 2.01. The number of aromatic nitrogens is 6. The van der Waals surface area contributed by atoms with E-state index in [2.05, 4.69) is 66.2 Å². The molecule has 0 aliphatic carbocycles. The number of rotatable bonds is 2. The van der Waals surface area contributed by atoms with Gasteiger partial charge in [0.1, 0.15) is 5.69 Å². The Balaban J connectivity index is 2.04. The number of nitrogens with one attached hydrogen (secondary N) is 1. The van der Waals surface area contributed by atoms with E-state index < -0.39 is 0 Å². The van der Waals surface area contributed by atoms with E-state index in [1.165, 1.54) is 11.3 Å². The van der Waals surface area contributed by atoms with Gasteiger partial charge in [-0.05, 0) is 6.07 Å². The van der Waals surface area contributed by atoms with Gasteiger partial charge in [-0.1, -0.05) is 46.0 Å². The Morgan fingerprint density at radius 2 is 2.00 bits per heavy atom. The van der Waals surface area contributed by atoms with Crippen molar-refractivity contribution in [1.82, 2.24) is 30.0 Å². The third-order valence-corrected chi connectivity index (χ3v) is 4.06. The summed E-state index contributed by atoms with van der Waals surface area (Å²) in [5, 5.41) is 21.2. The SMILES string of the molecule is CC(C)c1nnc2sc(-c3cc(C(C)(C)C)[nH]n3)nn12. The van der Waals surface area contributed by atoms with Gasteiger partial charge in [0.2, 0.25) is 4.96 Å². The van der Waals surface area contributed by atoms with E-state index in [-0.39, 0.29) is 5.41 Å². The fourth-order valence-electron chi connectivity index (χ4n) is 1.91. The maximum absolute atomic E-state index is 4.59. The number of nitrogens with zero attached hydrogens (tertiary/aromatic N) is 5. The maximum atomic E-state index is 4.59. The van der Waals surface area contributed by atoms with E-state index in [9.17, 15) is 0 Å². The van der Waals surface area contributed by atoms with Crippen molar-refractivity contribution in [1.29, 1.82) is 0 Å². The quantitative estimate of drug-likeness (QED) is 0.787. The van der Waals surface area contributed by atoms with Crippen LogP contribution in [0.2, 0.25) is 0 Å². The van der Waals surface area contributed by atoms with Crippen molar-refractivity contribution in [3.05, 3.63) is 17.6 Å². The molecular weight excluding hydrogens is 272 g/mol. The summed E-state index contributed by atoms with van der Waals surface area (Å²) in [6, 6.07) is 2.06. The van der Waals surface area contributed by atoms with Crippen LogP contribution in [0.5, 0.6) is 0 Å². The summed E-state index contributed by atoms with van der Waals surface area (Å²) < 4.78 is 1.82. The summed E-state index contributed by atoms with van der Waals surface area (Å²) in [5.74, 6) is 1.18. The predicted octanol–water partition coefficient (Wildman–Crippen LogP) is 3.00. The molecule has 0 aliphatic rings. The normalized spacial score (nSPS) is 12.7. The average molecular weight is 290 g/mol. The van der Waals surface area contributed by atoms with E-state index in [0.29, 0.717) is 5.92 Å². The minimum atomic E-state index is 0.0489. The molecule has 3 aromatic rings. The number of hydrogen-bond acceptors (Lipinski definition) is 5. The monoisotopic (exact) mass is 290 g/mol. The molecule has 0 amide bonds. The first kappa shape index (κ1) is 13.2. The predicted molar refractivity (Wildman–Crippen MR) is 79.0 cm³/mol. The smallest absolute Gasteiger partial charge is 0.235 e. The van der Waals surface area contributed by atoms with Gasteiger partial charge in [0.25, 0.3) is 0 Å². The molecule has 7 heteroatoms.